The van der Waals surface area contributed by atoms with Crippen molar-refractivity contribution in [1.82, 2.24) is 15.5 Å². The molecule has 88 valence electrons. The van der Waals surface area contributed by atoms with Crippen molar-refractivity contribution in [3.8, 4) is 0 Å². The van der Waals surface area contributed by atoms with Crippen LogP contribution < -0.4 is 11.1 Å². The van der Waals surface area contributed by atoms with E-state index in [0.29, 0.717) is 17.8 Å². The molecule has 17 heavy (non-hydrogen) atoms. The van der Waals surface area contributed by atoms with Crippen molar-refractivity contribution in [3.05, 3.63) is 47.3 Å². The number of hydrogen-bond acceptors (Lipinski definition) is 3. The van der Waals surface area contributed by atoms with Crippen LogP contribution in [0.1, 0.15) is 21.5 Å². The first-order valence-corrected chi connectivity index (χ1v) is 5.29. The quantitative estimate of drug-likeness (QED) is 0.693. The fourth-order valence-corrected chi connectivity index (χ4v) is 1.53. The van der Waals surface area contributed by atoms with E-state index in [2.05, 4.69) is 15.5 Å². The normalized spacial score (nSPS) is 10.2. The molecule has 0 aliphatic heterocycles. The Morgan fingerprint density at radius 3 is 3.06 bits per heavy atom. The number of nitrogens with zero attached hydrogens (tertiary/aromatic N) is 1. The van der Waals surface area contributed by atoms with Crippen LogP contribution in [0.15, 0.2) is 30.6 Å². The topological polar surface area (TPSA) is 83.8 Å². The van der Waals surface area contributed by atoms with Gasteiger partial charge in [-0.3, -0.25) is 9.89 Å². The van der Waals surface area contributed by atoms with Gasteiger partial charge in [0.05, 0.1) is 11.8 Å². The van der Waals surface area contributed by atoms with Gasteiger partial charge < -0.3 is 11.1 Å². The molecule has 1 heterocycles. The molecule has 5 nitrogen and oxygen atoms in total. The summed E-state index contributed by atoms with van der Waals surface area (Å²) in [6.07, 6.45) is 3.40. The van der Waals surface area contributed by atoms with E-state index in [9.17, 15) is 4.79 Å². The minimum Gasteiger partial charge on any atom is -0.398 e. The van der Waals surface area contributed by atoms with Gasteiger partial charge in [-0.25, -0.2) is 0 Å². The van der Waals surface area contributed by atoms with Crippen LogP contribution >= 0.6 is 0 Å². The maximum atomic E-state index is 11.9. The zero-order valence-electron chi connectivity index (χ0n) is 9.53. The predicted molar refractivity (Wildman–Crippen MR) is 65.3 cm³/mol. The first-order chi connectivity index (χ1) is 8.18. The molecule has 0 radical (unpaired) electrons. The van der Waals surface area contributed by atoms with Crippen LogP contribution in [-0.4, -0.2) is 16.1 Å². The van der Waals surface area contributed by atoms with Gasteiger partial charge in [0.25, 0.3) is 5.91 Å². The first-order valence-electron chi connectivity index (χ1n) is 5.29. The minimum absolute atomic E-state index is 0.174. The van der Waals surface area contributed by atoms with Gasteiger partial charge in [-0.15, -0.1) is 0 Å². The second kappa shape index (κ2) is 4.69. The van der Waals surface area contributed by atoms with Crippen LogP contribution in [0.4, 0.5) is 5.69 Å². The summed E-state index contributed by atoms with van der Waals surface area (Å²) in [6.45, 7) is 2.31. The summed E-state index contributed by atoms with van der Waals surface area (Å²) in [5.74, 6) is -0.174. The lowest BCUT2D eigenvalue weighted by atomic mass is 10.1. The molecule has 1 amide bonds. The molecule has 0 aliphatic carbocycles. The Morgan fingerprint density at radius 1 is 1.53 bits per heavy atom. The Bertz CT molecular complexity index is 519. The van der Waals surface area contributed by atoms with Crippen LogP contribution in [0.5, 0.6) is 0 Å². The molecule has 1 aromatic heterocycles. The third-order valence-corrected chi connectivity index (χ3v) is 2.58. The third kappa shape index (κ3) is 2.44. The number of aryl methyl sites for hydroxylation is 1. The van der Waals surface area contributed by atoms with Crippen molar-refractivity contribution in [2.24, 2.45) is 0 Å². The lowest BCUT2D eigenvalue weighted by molar-refractivity contribution is 0.0952. The Labute approximate surface area is 99.0 Å². The fourth-order valence-electron chi connectivity index (χ4n) is 1.53. The second-order valence-corrected chi connectivity index (χ2v) is 3.83. The summed E-state index contributed by atoms with van der Waals surface area (Å²) in [5.41, 5.74) is 8.71. The summed E-state index contributed by atoms with van der Waals surface area (Å²) < 4.78 is 0. The van der Waals surface area contributed by atoms with Crippen molar-refractivity contribution in [1.29, 1.82) is 0 Å². The molecule has 0 bridgehead atoms. The van der Waals surface area contributed by atoms with Gasteiger partial charge in [0, 0.05) is 24.0 Å². The highest BCUT2D eigenvalue weighted by molar-refractivity contribution is 5.99. The molecule has 4 N–H and O–H groups in total. The number of rotatable bonds is 3. The van der Waals surface area contributed by atoms with E-state index in [4.69, 9.17) is 5.73 Å². The molecule has 1 aromatic carbocycles. The summed E-state index contributed by atoms with van der Waals surface area (Å²) in [5, 5.41) is 9.28. The van der Waals surface area contributed by atoms with E-state index in [-0.39, 0.29) is 5.91 Å². The number of para-hydroxylation sites is 1. The molecule has 0 aliphatic rings. The average Bonchev–Trinajstić information content (AvgIpc) is 2.82. The molecule has 0 spiro atoms. The van der Waals surface area contributed by atoms with Crippen molar-refractivity contribution in [2.45, 2.75) is 13.5 Å². The van der Waals surface area contributed by atoms with E-state index in [1.165, 1.54) is 0 Å². The summed E-state index contributed by atoms with van der Waals surface area (Å²) in [4.78, 5) is 11.9. The van der Waals surface area contributed by atoms with Gasteiger partial charge in [-0.05, 0) is 18.6 Å². The average molecular weight is 230 g/mol. The zero-order chi connectivity index (χ0) is 12.3. The summed E-state index contributed by atoms with van der Waals surface area (Å²) in [7, 11) is 0. The number of H-pyrrole nitrogens is 1. The van der Waals surface area contributed by atoms with Gasteiger partial charge in [-0.1, -0.05) is 12.1 Å². The lowest BCUT2D eigenvalue weighted by Crippen LogP contribution is -2.23. The molecule has 5 heteroatoms. The van der Waals surface area contributed by atoms with Crippen molar-refractivity contribution in [3.63, 3.8) is 0 Å². The molecule has 0 saturated carbocycles. The van der Waals surface area contributed by atoms with E-state index in [0.717, 1.165) is 11.1 Å². The molecule has 0 fully saturated rings. The highest BCUT2D eigenvalue weighted by Crippen LogP contribution is 2.16. The number of aromatic amines is 1. The largest absolute Gasteiger partial charge is 0.398 e. The number of carbonyl (C=O) groups is 1. The van der Waals surface area contributed by atoms with Crippen LogP contribution in [-0.2, 0) is 6.54 Å². The monoisotopic (exact) mass is 230 g/mol. The Morgan fingerprint density at radius 2 is 2.35 bits per heavy atom. The standard InChI is InChI=1S/C12H14N4O/c1-8-3-2-4-10(11(8)13)12(17)14-5-9-6-15-16-7-9/h2-4,6-7H,5,13H2,1H3,(H,14,17)(H,15,16). The van der Waals surface area contributed by atoms with Crippen molar-refractivity contribution < 1.29 is 4.79 Å². The molecular weight excluding hydrogens is 216 g/mol. The number of carbonyl (C=O) groups excluding carboxylic acids is 1. The Kier molecular flexibility index (Phi) is 3.09. The van der Waals surface area contributed by atoms with Crippen molar-refractivity contribution in [2.75, 3.05) is 5.73 Å². The van der Waals surface area contributed by atoms with Crippen LogP contribution in [0.2, 0.25) is 0 Å². The predicted octanol–water partition coefficient (Wildman–Crippen LogP) is 1.23. The summed E-state index contributed by atoms with van der Waals surface area (Å²) in [6, 6.07) is 5.41. The number of amides is 1. The number of nitrogens with one attached hydrogen (secondary N) is 2. The summed E-state index contributed by atoms with van der Waals surface area (Å²) >= 11 is 0. The van der Waals surface area contributed by atoms with Gasteiger partial charge in [0.15, 0.2) is 0 Å². The van der Waals surface area contributed by atoms with E-state index >= 15 is 0 Å². The minimum atomic E-state index is -0.174. The first kappa shape index (κ1) is 11.2. The molecule has 0 unspecified atom stereocenters. The fraction of sp³-hybridized carbons (Fsp3) is 0.167. The second-order valence-electron chi connectivity index (χ2n) is 3.83. The van der Waals surface area contributed by atoms with Crippen LogP contribution in [0.25, 0.3) is 0 Å². The number of anilines is 1. The van der Waals surface area contributed by atoms with Gasteiger partial charge in [0.2, 0.25) is 0 Å². The maximum Gasteiger partial charge on any atom is 0.253 e. The van der Waals surface area contributed by atoms with Crippen molar-refractivity contribution >= 4 is 11.6 Å². The van der Waals surface area contributed by atoms with Gasteiger partial charge >= 0.3 is 0 Å². The molecular formula is C12H14N4O. The number of nitrogens with two attached hydrogens (primary N) is 1. The molecule has 0 saturated heterocycles. The smallest absolute Gasteiger partial charge is 0.253 e. The van der Waals surface area contributed by atoms with Crippen LogP contribution in [0, 0.1) is 6.92 Å². The Balaban J connectivity index is 2.07. The van der Waals surface area contributed by atoms with Gasteiger partial charge in [0.1, 0.15) is 0 Å². The van der Waals surface area contributed by atoms with E-state index in [1.54, 1.807) is 18.5 Å². The number of nitrogen functional groups attached to an aromatic ring is 1. The third-order valence-electron chi connectivity index (χ3n) is 2.58. The number of hydrogen-bond donors (Lipinski definition) is 3. The lowest BCUT2D eigenvalue weighted by Gasteiger charge is -2.08. The van der Waals surface area contributed by atoms with Crippen LogP contribution in [0.3, 0.4) is 0 Å². The van der Waals surface area contributed by atoms with E-state index < -0.39 is 0 Å². The zero-order valence-corrected chi connectivity index (χ0v) is 9.53. The highest BCUT2D eigenvalue weighted by atomic mass is 16.1. The highest BCUT2D eigenvalue weighted by Gasteiger charge is 2.10. The SMILES string of the molecule is Cc1cccc(C(=O)NCc2cn[nH]c2)c1N. The van der Waals surface area contributed by atoms with Gasteiger partial charge in [-0.2, -0.15) is 5.10 Å². The molecule has 2 aromatic rings. The maximum absolute atomic E-state index is 11.9. The number of aromatic nitrogens is 2. The van der Waals surface area contributed by atoms with E-state index in [1.807, 2.05) is 19.1 Å². The Hall–Kier alpha value is -2.30. The molecule has 0 atom stereocenters. The molecule has 2 rings (SSSR count). The number of benzene rings is 1.